The van der Waals surface area contributed by atoms with E-state index >= 15 is 0 Å². The fraction of sp³-hybridized carbons (Fsp3) is 0.389. The number of carbonyl (C=O) groups is 1. The summed E-state index contributed by atoms with van der Waals surface area (Å²) in [5.74, 6) is 0.978. The zero-order chi connectivity index (χ0) is 16.1. The number of halogens is 1. The van der Waals surface area contributed by atoms with Gasteiger partial charge < -0.3 is 15.8 Å². The first kappa shape index (κ1) is 19.3. The van der Waals surface area contributed by atoms with Crippen molar-refractivity contribution >= 4 is 29.1 Å². The number of nitrogens with two attached hydrogens (primary N) is 1. The fourth-order valence-corrected chi connectivity index (χ4v) is 2.30. The molecule has 0 saturated carbocycles. The van der Waals surface area contributed by atoms with Gasteiger partial charge in [-0.05, 0) is 47.9 Å². The fourth-order valence-electron chi connectivity index (χ4n) is 2.30. The summed E-state index contributed by atoms with van der Waals surface area (Å²) in [5, 5.41) is 5.17. The van der Waals surface area contributed by atoms with Crippen molar-refractivity contribution in [1.29, 1.82) is 0 Å². The quantitative estimate of drug-likeness (QED) is 0.852. The van der Waals surface area contributed by atoms with Crippen LogP contribution in [-0.4, -0.2) is 26.1 Å². The number of hydrogen-bond acceptors (Lipinski definition) is 3. The molecule has 0 spiro atoms. The molecule has 1 amide bonds. The molecule has 0 radical (unpaired) electrons. The SMILES string of the molecule is COc1ccc2cc(C(C)C(=O)NCC(C)CN)ccc2c1.Cl. The number of fused-ring (bicyclic) bond motifs is 1. The van der Waals surface area contributed by atoms with E-state index in [0.717, 1.165) is 22.1 Å². The molecule has 0 bridgehead atoms. The van der Waals surface area contributed by atoms with Crippen molar-refractivity contribution in [2.75, 3.05) is 20.2 Å². The van der Waals surface area contributed by atoms with Gasteiger partial charge in [0.25, 0.3) is 0 Å². The Kier molecular flexibility index (Phi) is 7.33. The summed E-state index contributed by atoms with van der Waals surface area (Å²) in [7, 11) is 1.66. The van der Waals surface area contributed by atoms with Gasteiger partial charge in [0, 0.05) is 6.54 Å². The highest BCUT2D eigenvalue weighted by atomic mass is 35.5. The van der Waals surface area contributed by atoms with Crippen LogP contribution in [0.15, 0.2) is 36.4 Å². The summed E-state index contributed by atoms with van der Waals surface area (Å²) in [6.45, 7) is 5.14. The Labute approximate surface area is 143 Å². The maximum absolute atomic E-state index is 12.2. The molecule has 3 N–H and O–H groups in total. The average molecular weight is 337 g/mol. The highest BCUT2D eigenvalue weighted by Gasteiger charge is 2.16. The number of carbonyl (C=O) groups excluding carboxylic acids is 1. The number of benzene rings is 2. The van der Waals surface area contributed by atoms with Crippen LogP contribution in [0.5, 0.6) is 5.75 Å². The molecule has 0 aliphatic heterocycles. The lowest BCUT2D eigenvalue weighted by Crippen LogP contribution is -2.33. The third kappa shape index (κ3) is 4.85. The summed E-state index contributed by atoms with van der Waals surface area (Å²) in [6, 6.07) is 12.0. The second-order valence-corrected chi connectivity index (χ2v) is 5.78. The average Bonchev–Trinajstić information content (AvgIpc) is 2.57. The molecule has 0 fully saturated rings. The molecule has 0 saturated heterocycles. The lowest BCUT2D eigenvalue weighted by atomic mass is 9.97. The van der Waals surface area contributed by atoms with Gasteiger partial charge in [0.1, 0.15) is 5.75 Å². The van der Waals surface area contributed by atoms with E-state index in [1.165, 1.54) is 0 Å². The number of hydrogen-bond donors (Lipinski definition) is 2. The summed E-state index contributed by atoms with van der Waals surface area (Å²) in [5.41, 5.74) is 6.58. The molecule has 5 heteroatoms. The lowest BCUT2D eigenvalue weighted by molar-refractivity contribution is -0.122. The van der Waals surface area contributed by atoms with Crippen LogP contribution < -0.4 is 15.8 Å². The van der Waals surface area contributed by atoms with E-state index < -0.39 is 0 Å². The van der Waals surface area contributed by atoms with Crippen molar-refractivity contribution in [3.63, 3.8) is 0 Å². The zero-order valence-electron chi connectivity index (χ0n) is 13.8. The summed E-state index contributed by atoms with van der Waals surface area (Å²) < 4.78 is 5.23. The molecular weight excluding hydrogens is 312 g/mol. The molecule has 0 heterocycles. The molecule has 2 unspecified atom stereocenters. The van der Waals surface area contributed by atoms with Crippen molar-refractivity contribution in [3.8, 4) is 5.75 Å². The molecule has 0 aliphatic carbocycles. The smallest absolute Gasteiger partial charge is 0.227 e. The molecular formula is C18H25ClN2O2. The minimum absolute atomic E-state index is 0. The maximum atomic E-state index is 12.2. The minimum Gasteiger partial charge on any atom is -0.497 e. The van der Waals surface area contributed by atoms with E-state index in [4.69, 9.17) is 10.5 Å². The Morgan fingerprint density at radius 3 is 2.48 bits per heavy atom. The van der Waals surface area contributed by atoms with E-state index in [2.05, 4.69) is 11.4 Å². The number of nitrogens with one attached hydrogen (secondary N) is 1. The van der Waals surface area contributed by atoms with Gasteiger partial charge in [0.05, 0.1) is 13.0 Å². The number of rotatable bonds is 6. The lowest BCUT2D eigenvalue weighted by Gasteiger charge is -2.15. The predicted molar refractivity (Wildman–Crippen MR) is 97.4 cm³/mol. The third-order valence-electron chi connectivity index (χ3n) is 3.99. The van der Waals surface area contributed by atoms with Crippen molar-refractivity contribution in [2.24, 2.45) is 11.7 Å². The highest BCUT2D eigenvalue weighted by Crippen LogP contribution is 2.25. The van der Waals surface area contributed by atoms with E-state index in [-0.39, 0.29) is 24.2 Å². The third-order valence-corrected chi connectivity index (χ3v) is 3.99. The van der Waals surface area contributed by atoms with E-state index in [1.54, 1.807) is 7.11 Å². The monoisotopic (exact) mass is 336 g/mol. The molecule has 0 aliphatic rings. The van der Waals surface area contributed by atoms with Crippen molar-refractivity contribution in [2.45, 2.75) is 19.8 Å². The van der Waals surface area contributed by atoms with Crippen LogP contribution in [0.4, 0.5) is 0 Å². The number of ether oxygens (including phenoxy) is 1. The molecule has 2 aromatic rings. The normalized spacial score (nSPS) is 13.0. The van der Waals surface area contributed by atoms with E-state index in [0.29, 0.717) is 19.0 Å². The van der Waals surface area contributed by atoms with Crippen LogP contribution in [0.2, 0.25) is 0 Å². The van der Waals surface area contributed by atoms with Crippen LogP contribution in [-0.2, 0) is 4.79 Å². The van der Waals surface area contributed by atoms with Crippen LogP contribution in [0.3, 0.4) is 0 Å². The first-order valence-electron chi connectivity index (χ1n) is 7.60. The predicted octanol–water partition coefficient (Wildman–Crippen LogP) is 3.08. The van der Waals surface area contributed by atoms with Gasteiger partial charge in [-0.15, -0.1) is 12.4 Å². The second-order valence-electron chi connectivity index (χ2n) is 5.78. The molecule has 2 rings (SSSR count). The van der Waals surface area contributed by atoms with Crippen LogP contribution in [0.25, 0.3) is 10.8 Å². The first-order chi connectivity index (χ1) is 10.5. The molecule has 4 nitrogen and oxygen atoms in total. The summed E-state index contributed by atoms with van der Waals surface area (Å²) in [4.78, 5) is 12.2. The maximum Gasteiger partial charge on any atom is 0.227 e. The van der Waals surface area contributed by atoms with Gasteiger partial charge in [0.2, 0.25) is 5.91 Å². The van der Waals surface area contributed by atoms with Gasteiger partial charge in [-0.2, -0.15) is 0 Å². The van der Waals surface area contributed by atoms with Crippen molar-refractivity contribution in [3.05, 3.63) is 42.0 Å². The summed E-state index contributed by atoms with van der Waals surface area (Å²) in [6.07, 6.45) is 0. The Morgan fingerprint density at radius 2 is 1.83 bits per heavy atom. The molecule has 2 aromatic carbocycles. The van der Waals surface area contributed by atoms with Crippen LogP contribution in [0, 0.1) is 5.92 Å². The van der Waals surface area contributed by atoms with Crippen LogP contribution in [0.1, 0.15) is 25.3 Å². The Balaban J connectivity index is 0.00000264. The molecule has 23 heavy (non-hydrogen) atoms. The Hall–Kier alpha value is -1.78. The van der Waals surface area contributed by atoms with Crippen molar-refractivity contribution in [1.82, 2.24) is 5.32 Å². The second kappa shape index (κ2) is 8.75. The summed E-state index contributed by atoms with van der Waals surface area (Å²) >= 11 is 0. The van der Waals surface area contributed by atoms with Gasteiger partial charge in [0.15, 0.2) is 0 Å². The van der Waals surface area contributed by atoms with E-state index in [1.807, 2.05) is 44.2 Å². The molecule has 2 atom stereocenters. The molecule has 0 aromatic heterocycles. The standard InChI is InChI=1S/C18H24N2O2.ClH/c1-12(10-19)11-20-18(21)13(2)14-4-5-16-9-17(22-3)7-6-15(16)8-14;/h4-9,12-13H,10-11,19H2,1-3H3,(H,20,21);1H. The topological polar surface area (TPSA) is 64.3 Å². The van der Waals surface area contributed by atoms with Gasteiger partial charge in [-0.25, -0.2) is 0 Å². The Bertz CT molecular complexity index is 661. The Morgan fingerprint density at radius 1 is 1.17 bits per heavy atom. The highest BCUT2D eigenvalue weighted by molar-refractivity contribution is 5.88. The number of methoxy groups -OCH3 is 1. The largest absolute Gasteiger partial charge is 0.497 e. The zero-order valence-corrected chi connectivity index (χ0v) is 14.7. The molecule has 126 valence electrons. The van der Waals surface area contributed by atoms with E-state index in [9.17, 15) is 4.79 Å². The minimum atomic E-state index is -0.184. The van der Waals surface area contributed by atoms with Gasteiger partial charge in [-0.1, -0.05) is 31.2 Å². The van der Waals surface area contributed by atoms with Crippen molar-refractivity contribution < 1.29 is 9.53 Å². The first-order valence-corrected chi connectivity index (χ1v) is 7.60. The van der Waals surface area contributed by atoms with Gasteiger partial charge >= 0.3 is 0 Å². The van der Waals surface area contributed by atoms with Gasteiger partial charge in [-0.3, -0.25) is 4.79 Å². The van der Waals surface area contributed by atoms with Crippen LogP contribution >= 0.6 is 12.4 Å². The number of amides is 1.